The molecule has 0 aromatic heterocycles. The molecule has 2 amide bonds. The molecule has 2 aliphatic heterocycles. The summed E-state index contributed by atoms with van der Waals surface area (Å²) in [7, 11) is -3.93. The lowest BCUT2D eigenvalue weighted by Gasteiger charge is -2.33. The summed E-state index contributed by atoms with van der Waals surface area (Å²) in [4.78, 5) is 36.9. The Labute approximate surface area is 157 Å². The third kappa shape index (κ3) is 3.96. The maximum Gasteiger partial charge on any atom is 0.326 e. The minimum atomic E-state index is -3.93. The largest absolute Gasteiger partial charge is 0.480 e. The lowest BCUT2D eigenvalue weighted by Crippen LogP contribution is -2.50. The zero-order valence-corrected chi connectivity index (χ0v) is 15.4. The Morgan fingerprint density at radius 1 is 1.19 bits per heavy atom. The molecular formula is C17H21N3O6S. The smallest absolute Gasteiger partial charge is 0.326 e. The van der Waals surface area contributed by atoms with Crippen LogP contribution in [0.5, 0.6) is 0 Å². The Hall–Kier alpha value is -2.46. The maximum absolute atomic E-state index is 12.8. The number of piperazine rings is 1. The van der Waals surface area contributed by atoms with Crippen molar-refractivity contribution in [1.82, 2.24) is 14.5 Å². The SMILES string of the molecule is O=C1CN(S(=O)(=O)c2cccc(C(=O)N3CCCCC3C(=O)O)c2)CCN1. The van der Waals surface area contributed by atoms with Crippen molar-refractivity contribution in [3.05, 3.63) is 29.8 Å². The van der Waals surface area contributed by atoms with Crippen molar-refractivity contribution in [2.45, 2.75) is 30.2 Å². The number of aliphatic carboxylic acids is 1. The standard InChI is InChI=1S/C17H21N3O6S/c21-15-11-19(9-7-18-15)27(25,26)13-5-3-4-12(10-13)16(22)20-8-2-1-6-14(20)17(23)24/h3-5,10,14H,1-2,6-9,11H2,(H,18,21)(H,23,24). The summed E-state index contributed by atoms with van der Waals surface area (Å²) in [6.07, 6.45) is 1.81. The Morgan fingerprint density at radius 3 is 2.67 bits per heavy atom. The molecule has 9 nitrogen and oxygen atoms in total. The van der Waals surface area contributed by atoms with Gasteiger partial charge in [-0.05, 0) is 37.5 Å². The number of amides is 2. The lowest BCUT2D eigenvalue weighted by molar-refractivity contribution is -0.143. The summed E-state index contributed by atoms with van der Waals surface area (Å²) in [6.45, 7) is 0.428. The van der Waals surface area contributed by atoms with Gasteiger partial charge in [-0.2, -0.15) is 4.31 Å². The van der Waals surface area contributed by atoms with Crippen LogP contribution < -0.4 is 5.32 Å². The van der Waals surface area contributed by atoms with Crippen LogP contribution in [0.3, 0.4) is 0 Å². The number of carboxylic acid groups (broad SMARTS) is 1. The molecule has 2 aliphatic rings. The van der Waals surface area contributed by atoms with Crippen molar-refractivity contribution in [3.8, 4) is 0 Å². The number of nitrogens with zero attached hydrogens (tertiary/aromatic N) is 2. The monoisotopic (exact) mass is 395 g/mol. The number of likely N-dealkylation sites (tertiary alicyclic amines) is 1. The number of carbonyl (C=O) groups is 3. The molecule has 146 valence electrons. The molecule has 3 rings (SSSR count). The van der Waals surface area contributed by atoms with Crippen LogP contribution >= 0.6 is 0 Å². The first-order chi connectivity index (χ1) is 12.8. The third-order valence-corrected chi connectivity index (χ3v) is 6.61. The average Bonchev–Trinajstić information content (AvgIpc) is 2.67. The number of carboxylic acids is 1. The Bertz CT molecular complexity index is 869. The average molecular weight is 395 g/mol. The highest BCUT2D eigenvalue weighted by atomic mass is 32.2. The van der Waals surface area contributed by atoms with E-state index in [0.29, 0.717) is 19.4 Å². The van der Waals surface area contributed by atoms with Crippen LogP contribution in [0.15, 0.2) is 29.2 Å². The highest BCUT2D eigenvalue weighted by Gasteiger charge is 2.34. The first-order valence-electron chi connectivity index (χ1n) is 8.71. The Morgan fingerprint density at radius 2 is 1.96 bits per heavy atom. The van der Waals surface area contributed by atoms with Crippen LogP contribution in [0.4, 0.5) is 0 Å². The molecule has 0 bridgehead atoms. The van der Waals surface area contributed by atoms with E-state index < -0.39 is 27.9 Å². The summed E-state index contributed by atoms with van der Waals surface area (Å²) >= 11 is 0. The van der Waals surface area contributed by atoms with Crippen molar-refractivity contribution in [1.29, 1.82) is 0 Å². The second kappa shape index (κ2) is 7.65. The first kappa shape index (κ1) is 19.3. The minimum Gasteiger partial charge on any atom is -0.480 e. The van der Waals surface area contributed by atoms with Crippen molar-refractivity contribution >= 4 is 27.8 Å². The van der Waals surface area contributed by atoms with E-state index in [1.165, 1.54) is 29.2 Å². The molecule has 1 unspecified atom stereocenters. The molecule has 1 atom stereocenters. The van der Waals surface area contributed by atoms with Crippen LogP contribution in [0.25, 0.3) is 0 Å². The van der Waals surface area contributed by atoms with Gasteiger partial charge in [-0.1, -0.05) is 6.07 Å². The summed E-state index contributed by atoms with van der Waals surface area (Å²) in [5.41, 5.74) is 0.116. The van der Waals surface area contributed by atoms with E-state index >= 15 is 0 Å². The number of nitrogens with one attached hydrogen (secondary N) is 1. The van der Waals surface area contributed by atoms with Crippen LogP contribution in [0, 0.1) is 0 Å². The fourth-order valence-electron chi connectivity index (χ4n) is 3.36. The molecule has 2 N–H and O–H groups in total. The Kier molecular flexibility index (Phi) is 5.47. The number of hydrogen-bond donors (Lipinski definition) is 2. The zero-order valence-electron chi connectivity index (χ0n) is 14.6. The fraction of sp³-hybridized carbons (Fsp3) is 0.471. The lowest BCUT2D eigenvalue weighted by atomic mass is 10.0. The van der Waals surface area contributed by atoms with Gasteiger partial charge in [-0.3, -0.25) is 9.59 Å². The van der Waals surface area contributed by atoms with Gasteiger partial charge in [0.15, 0.2) is 0 Å². The molecule has 0 radical (unpaired) electrons. The zero-order chi connectivity index (χ0) is 19.6. The van der Waals surface area contributed by atoms with Crippen LogP contribution in [-0.2, 0) is 19.6 Å². The van der Waals surface area contributed by atoms with Gasteiger partial charge < -0.3 is 15.3 Å². The van der Waals surface area contributed by atoms with E-state index in [-0.39, 0.29) is 36.0 Å². The summed E-state index contributed by atoms with van der Waals surface area (Å²) in [5, 5.41) is 11.9. The van der Waals surface area contributed by atoms with Crippen LogP contribution in [0.1, 0.15) is 29.6 Å². The van der Waals surface area contributed by atoms with E-state index in [4.69, 9.17) is 0 Å². The first-order valence-corrected chi connectivity index (χ1v) is 10.2. The molecule has 1 aromatic rings. The predicted octanol–water partition coefficient (Wildman–Crippen LogP) is -0.114. The predicted molar refractivity (Wildman–Crippen MR) is 94.5 cm³/mol. The van der Waals surface area contributed by atoms with E-state index in [2.05, 4.69) is 5.32 Å². The van der Waals surface area contributed by atoms with Gasteiger partial charge in [0, 0.05) is 25.2 Å². The number of sulfonamides is 1. The molecule has 2 fully saturated rings. The van der Waals surface area contributed by atoms with Crippen molar-refractivity contribution < 1.29 is 27.9 Å². The fourth-order valence-corrected chi connectivity index (χ4v) is 4.80. The van der Waals surface area contributed by atoms with Gasteiger partial charge in [0.05, 0.1) is 11.4 Å². The summed E-state index contributed by atoms with van der Waals surface area (Å²) in [5.74, 6) is -1.95. The number of hydrogen-bond acceptors (Lipinski definition) is 5. The van der Waals surface area contributed by atoms with E-state index in [1.54, 1.807) is 0 Å². The molecule has 2 heterocycles. The van der Waals surface area contributed by atoms with E-state index in [1.807, 2.05) is 0 Å². The number of carbonyl (C=O) groups excluding carboxylic acids is 2. The van der Waals surface area contributed by atoms with E-state index in [9.17, 15) is 27.9 Å². The highest BCUT2D eigenvalue weighted by Crippen LogP contribution is 2.23. The van der Waals surface area contributed by atoms with Crippen LogP contribution in [-0.4, -0.2) is 72.7 Å². The number of benzene rings is 1. The molecule has 10 heteroatoms. The second-order valence-electron chi connectivity index (χ2n) is 6.56. The topological polar surface area (TPSA) is 124 Å². The van der Waals surface area contributed by atoms with Crippen molar-refractivity contribution in [2.75, 3.05) is 26.2 Å². The van der Waals surface area contributed by atoms with Crippen LogP contribution in [0.2, 0.25) is 0 Å². The minimum absolute atomic E-state index is 0.0908. The molecule has 1 aromatic carbocycles. The van der Waals surface area contributed by atoms with E-state index in [0.717, 1.165) is 10.7 Å². The normalized spacial score (nSPS) is 21.6. The molecule has 0 saturated carbocycles. The van der Waals surface area contributed by atoms with Gasteiger partial charge in [0.25, 0.3) is 5.91 Å². The summed E-state index contributed by atoms with van der Waals surface area (Å²) in [6, 6.07) is 4.63. The molecule has 0 aliphatic carbocycles. The molecule has 0 spiro atoms. The molecular weight excluding hydrogens is 374 g/mol. The molecule has 27 heavy (non-hydrogen) atoms. The van der Waals surface area contributed by atoms with Gasteiger partial charge in [-0.25, -0.2) is 13.2 Å². The second-order valence-corrected chi connectivity index (χ2v) is 8.50. The maximum atomic E-state index is 12.8. The number of rotatable bonds is 4. The summed E-state index contributed by atoms with van der Waals surface area (Å²) < 4.78 is 26.6. The highest BCUT2D eigenvalue weighted by molar-refractivity contribution is 7.89. The van der Waals surface area contributed by atoms with Gasteiger partial charge in [0.2, 0.25) is 15.9 Å². The van der Waals surface area contributed by atoms with Crippen molar-refractivity contribution in [3.63, 3.8) is 0 Å². The number of piperidine rings is 1. The molecule has 2 saturated heterocycles. The van der Waals surface area contributed by atoms with Gasteiger partial charge >= 0.3 is 5.97 Å². The van der Waals surface area contributed by atoms with Gasteiger partial charge in [0.1, 0.15) is 6.04 Å². The Balaban J connectivity index is 1.87. The third-order valence-electron chi connectivity index (χ3n) is 4.77. The van der Waals surface area contributed by atoms with Gasteiger partial charge in [-0.15, -0.1) is 0 Å². The van der Waals surface area contributed by atoms with Crippen molar-refractivity contribution in [2.24, 2.45) is 0 Å². The quantitative estimate of drug-likeness (QED) is 0.733.